The third kappa shape index (κ3) is 3.35. The molecule has 1 heterocycles. The van der Waals surface area contributed by atoms with Gasteiger partial charge < -0.3 is 9.47 Å². The molecule has 3 heteroatoms. The zero-order valence-corrected chi connectivity index (χ0v) is 28.5. The van der Waals surface area contributed by atoms with Crippen molar-refractivity contribution < 1.29 is 14.3 Å². The molecule has 0 N–H and O–H groups in total. The van der Waals surface area contributed by atoms with Crippen LogP contribution in [0.15, 0.2) is 0 Å². The molecule has 10 atom stereocenters. The minimum atomic E-state index is 0.0158. The first-order valence-corrected chi connectivity index (χ1v) is 17.6. The van der Waals surface area contributed by atoms with Crippen molar-refractivity contribution in [1.29, 1.82) is 0 Å². The molecule has 2 bridgehead atoms. The lowest BCUT2D eigenvalue weighted by molar-refractivity contribution is -0.254. The summed E-state index contributed by atoms with van der Waals surface area (Å²) in [6.45, 7) is 28.0. The summed E-state index contributed by atoms with van der Waals surface area (Å²) in [5.41, 5.74) is 1.96. The van der Waals surface area contributed by atoms with Crippen LogP contribution in [0, 0.1) is 72.9 Å². The van der Waals surface area contributed by atoms with Crippen LogP contribution in [0.25, 0.3) is 0 Å². The third-order valence-electron chi connectivity index (χ3n) is 17.6. The van der Waals surface area contributed by atoms with Gasteiger partial charge in [-0.3, -0.25) is 4.79 Å². The molecular weight excluding hydrogens is 504 g/mol. The molecule has 0 radical (unpaired) electrons. The van der Waals surface area contributed by atoms with Gasteiger partial charge in [0.1, 0.15) is 6.10 Å². The highest BCUT2D eigenvalue weighted by Gasteiger charge is 2.73. The van der Waals surface area contributed by atoms with Crippen LogP contribution < -0.4 is 0 Å². The number of rotatable bonds is 2. The van der Waals surface area contributed by atoms with Gasteiger partial charge in [0.2, 0.25) is 0 Å². The molecule has 232 valence electrons. The van der Waals surface area contributed by atoms with Crippen LogP contribution >= 0.6 is 0 Å². The molecule has 6 aliphatic carbocycles. The Labute approximate surface area is 252 Å². The number of hydrogen-bond donors (Lipinski definition) is 0. The maximum atomic E-state index is 13.5. The van der Waals surface area contributed by atoms with Gasteiger partial charge in [0.05, 0.1) is 18.6 Å². The predicted octanol–water partition coefficient (Wildman–Crippen LogP) is 9.47. The molecule has 41 heavy (non-hydrogen) atoms. The van der Waals surface area contributed by atoms with E-state index in [-0.39, 0.29) is 34.2 Å². The second-order valence-electron chi connectivity index (χ2n) is 19.9. The second kappa shape index (κ2) is 8.17. The van der Waals surface area contributed by atoms with E-state index in [1.165, 1.54) is 57.8 Å². The first kappa shape index (κ1) is 29.2. The Bertz CT molecular complexity index is 1120. The third-order valence-corrected chi connectivity index (χ3v) is 17.6. The van der Waals surface area contributed by atoms with Crippen LogP contribution in [0.1, 0.15) is 140 Å². The number of fused-ring (bicyclic) bond motifs is 5. The van der Waals surface area contributed by atoms with Gasteiger partial charge in [-0.25, -0.2) is 0 Å². The first-order valence-electron chi connectivity index (χ1n) is 17.6. The zero-order chi connectivity index (χ0) is 29.8. The topological polar surface area (TPSA) is 35.5 Å². The summed E-state index contributed by atoms with van der Waals surface area (Å²) >= 11 is 0. The highest BCUT2D eigenvalue weighted by molar-refractivity contribution is 5.79. The van der Waals surface area contributed by atoms with Gasteiger partial charge in [0.15, 0.2) is 0 Å². The lowest BCUT2D eigenvalue weighted by Gasteiger charge is -2.73. The van der Waals surface area contributed by atoms with Crippen LogP contribution in [0.4, 0.5) is 0 Å². The Morgan fingerprint density at radius 2 is 1.34 bits per heavy atom. The van der Waals surface area contributed by atoms with Gasteiger partial charge in [-0.1, -0.05) is 76.2 Å². The average molecular weight is 567 g/mol. The van der Waals surface area contributed by atoms with Gasteiger partial charge in [-0.05, 0) is 126 Å². The molecule has 1 saturated heterocycles. The number of hydrogen-bond acceptors (Lipinski definition) is 3. The fourth-order valence-corrected chi connectivity index (χ4v) is 14.2. The largest absolute Gasteiger partial charge is 0.462 e. The Balaban J connectivity index is 1.16. The molecular formula is C38H62O3. The summed E-state index contributed by atoms with van der Waals surface area (Å²) < 4.78 is 13.3. The predicted molar refractivity (Wildman–Crippen MR) is 165 cm³/mol. The maximum Gasteiger partial charge on any atom is 0.310 e. The summed E-state index contributed by atoms with van der Waals surface area (Å²) in [6, 6.07) is 0. The molecule has 7 aliphatic rings. The number of esters is 1. The van der Waals surface area contributed by atoms with Gasteiger partial charge >= 0.3 is 5.97 Å². The Kier molecular flexibility index (Phi) is 5.81. The standard InChI is InChI=1S/C38H62O3/c1-31(2)18-20-38-21-19-36(10)23(27(38)29(31)40-22-38)12-13-25-35(9)16-15-26(32(3,4)24(35)14-17-37(25,36)11)41-30(39)28-33(5,6)34(28,7)8/h23-29H,12-22H2,1-11H3/t23-,24+,25+,26+,27-,29+,35+,36-,37-,38-/m1/s1. The quantitative estimate of drug-likeness (QED) is 0.312. The van der Waals surface area contributed by atoms with Crippen molar-refractivity contribution in [2.45, 2.75) is 153 Å². The minimum absolute atomic E-state index is 0.0158. The van der Waals surface area contributed by atoms with E-state index in [2.05, 4.69) is 76.2 Å². The lowest BCUT2D eigenvalue weighted by atomic mass is 9.31. The molecule has 6 saturated carbocycles. The number of carbonyl (C=O) groups is 1. The fraction of sp³-hybridized carbons (Fsp3) is 0.974. The molecule has 0 amide bonds. The second-order valence-corrected chi connectivity index (χ2v) is 19.9. The van der Waals surface area contributed by atoms with Gasteiger partial charge in [-0.15, -0.1) is 0 Å². The number of ether oxygens (including phenoxy) is 2. The van der Waals surface area contributed by atoms with E-state index in [1.807, 2.05) is 0 Å². The van der Waals surface area contributed by atoms with E-state index >= 15 is 0 Å². The van der Waals surface area contributed by atoms with Crippen molar-refractivity contribution in [1.82, 2.24) is 0 Å². The minimum Gasteiger partial charge on any atom is -0.462 e. The molecule has 3 nitrogen and oxygen atoms in total. The SMILES string of the molecule is CC1(C)CC[C@]23CC[C@]4(C)[C@H](CC[C@H]5[C@@]6(C)CC[C@H](OC(=O)C7C(C)(C)C7(C)C)C(C)(C)[C@@H]6CC[C@]54C)[C@@H]2[C@@H]1OC3. The molecule has 1 aliphatic heterocycles. The normalized spacial score (nSPS) is 53.7. The monoisotopic (exact) mass is 566 g/mol. The van der Waals surface area contributed by atoms with Crippen LogP contribution in [-0.2, 0) is 14.3 Å². The van der Waals surface area contributed by atoms with Crippen LogP contribution in [0.5, 0.6) is 0 Å². The summed E-state index contributed by atoms with van der Waals surface area (Å²) in [5, 5.41) is 0. The number of carbonyl (C=O) groups excluding carboxylic acids is 1. The highest BCUT2D eigenvalue weighted by Crippen LogP contribution is 2.78. The zero-order valence-electron chi connectivity index (χ0n) is 28.5. The van der Waals surface area contributed by atoms with Crippen molar-refractivity contribution in [2.24, 2.45) is 72.9 Å². The molecule has 0 aromatic rings. The molecule has 0 aromatic heterocycles. The summed E-state index contributed by atoms with van der Waals surface area (Å²) in [4.78, 5) is 13.5. The molecule has 7 fully saturated rings. The van der Waals surface area contributed by atoms with Gasteiger partial charge in [-0.2, -0.15) is 0 Å². The fourth-order valence-electron chi connectivity index (χ4n) is 14.2. The Morgan fingerprint density at radius 1 is 0.683 bits per heavy atom. The average Bonchev–Trinajstić information content (AvgIpc) is 3.12. The lowest BCUT2D eigenvalue weighted by Crippen LogP contribution is -2.68. The molecule has 7 rings (SSSR count). The van der Waals surface area contributed by atoms with E-state index in [0.29, 0.717) is 39.1 Å². The summed E-state index contributed by atoms with van der Waals surface area (Å²) in [7, 11) is 0. The summed E-state index contributed by atoms with van der Waals surface area (Å²) in [5.74, 6) is 3.04. The molecule has 0 spiro atoms. The summed E-state index contributed by atoms with van der Waals surface area (Å²) in [6.07, 6.45) is 13.7. The van der Waals surface area contributed by atoms with Crippen LogP contribution in [0.2, 0.25) is 0 Å². The van der Waals surface area contributed by atoms with Crippen molar-refractivity contribution in [3.05, 3.63) is 0 Å². The highest BCUT2D eigenvalue weighted by atomic mass is 16.5. The van der Waals surface area contributed by atoms with E-state index in [4.69, 9.17) is 9.47 Å². The molecule has 0 aromatic carbocycles. The van der Waals surface area contributed by atoms with Crippen molar-refractivity contribution in [2.75, 3.05) is 6.61 Å². The van der Waals surface area contributed by atoms with Crippen molar-refractivity contribution in [3.8, 4) is 0 Å². The van der Waals surface area contributed by atoms with Gasteiger partial charge in [0.25, 0.3) is 0 Å². The van der Waals surface area contributed by atoms with E-state index < -0.39 is 0 Å². The van der Waals surface area contributed by atoms with E-state index in [1.54, 1.807) is 0 Å². The van der Waals surface area contributed by atoms with E-state index in [0.717, 1.165) is 30.8 Å². The van der Waals surface area contributed by atoms with Crippen LogP contribution in [-0.4, -0.2) is 24.8 Å². The molecule has 0 unspecified atom stereocenters. The van der Waals surface area contributed by atoms with Crippen molar-refractivity contribution in [3.63, 3.8) is 0 Å². The van der Waals surface area contributed by atoms with Gasteiger partial charge in [0, 0.05) is 5.41 Å². The Morgan fingerprint density at radius 3 is 2.00 bits per heavy atom. The Hall–Kier alpha value is -0.570. The smallest absolute Gasteiger partial charge is 0.310 e. The van der Waals surface area contributed by atoms with Crippen molar-refractivity contribution >= 4 is 5.97 Å². The maximum absolute atomic E-state index is 13.5. The van der Waals surface area contributed by atoms with E-state index in [9.17, 15) is 4.79 Å². The first-order chi connectivity index (χ1) is 18.8. The van der Waals surface area contributed by atoms with Crippen LogP contribution in [0.3, 0.4) is 0 Å².